The van der Waals surface area contributed by atoms with Crippen molar-refractivity contribution in [3.63, 3.8) is 0 Å². The Hall–Kier alpha value is -2.68. The van der Waals surface area contributed by atoms with Crippen molar-refractivity contribution >= 4 is 17.8 Å². The Morgan fingerprint density at radius 1 is 1.04 bits per heavy atom. The highest BCUT2D eigenvalue weighted by Gasteiger charge is 2.14. The second-order valence-corrected chi connectivity index (χ2v) is 6.32. The Kier molecular flexibility index (Phi) is 6.70. The highest BCUT2D eigenvalue weighted by molar-refractivity contribution is 6.21. The molecule has 0 radical (unpaired) electrons. The number of ketones is 1. The van der Waals surface area contributed by atoms with Gasteiger partial charge in [-0.2, -0.15) is 0 Å². The molecule has 25 heavy (non-hydrogen) atoms. The number of amides is 1. The largest absolute Gasteiger partial charge is 0.352 e. The number of rotatable bonds is 7. The molecule has 0 aromatic heterocycles. The van der Waals surface area contributed by atoms with Crippen LogP contribution in [0, 0.1) is 13.8 Å². The summed E-state index contributed by atoms with van der Waals surface area (Å²) in [6.07, 6.45) is 3.42. The Balaban J connectivity index is 1.98. The van der Waals surface area contributed by atoms with Crippen molar-refractivity contribution in [1.82, 2.24) is 5.32 Å². The maximum Gasteiger partial charge on any atom is 0.254 e. The van der Waals surface area contributed by atoms with E-state index in [0.717, 1.165) is 29.5 Å². The molecule has 0 heterocycles. The lowest BCUT2D eigenvalue weighted by Crippen LogP contribution is -2.28. The van der Waals surface area contributed by atoms with E-state index in [4.69, 9.17) is 0 Å². The molecule has 0 saturated carbocycles. The van der Waals surface area contributed by atoms with Crippen molar-refractivity contribution in [2.45, 2.75) is 33.6 Å². The molecule has 0 aliphatic rings. The number of benzene rings is 2. The summed E-state index contributed by atoms with van der Waals surface area (Å²) in [5.41, 5.74) is 4.55. The minimum Gasteiger partial charge on any atom is -0.352 e. The molecule has 2 aromatic rings. The first-order valence-electron chi connectivity index (χ1n) is 8.59. The lowest BCUT2D eigenvalue weighted by molar-refractivity contribution is -0.121. The molecule has 0 spiro atoms. The van der Waals surface area contributed by atoms with Gasteiger partial charge in [-0.25, -0.2) is 0 Å². The summed E-state index contributed by atoms with van der Waals surface area (Å²) in [5.74, 6) is -0.527. The normalized spacial score (nSPS) is 11.2. The summed E-state index contributed by atoms with van der Waals surface area (Å²) in [5, 5.41) is 2.86. The van der Waals surface area contributed by atoms with Crippen LogP contribution in [0.1, 0.15) is 35.6 Å². The van der Waals surface area contributed by atoms with Crippen LogP contribution >= 0.6 is 0 Å². The van der Waals surface area contributed by atoms with Crippen LogP contribution in [0.25, 0.3) is 6.08 Å². The minimum atomic E-state index is -0.305. The van der Waals surface area contributed by atoms with E-state index in [1.165, 1.54) is 12.5 Å². The first-order chi connectivity index (χ1) is 12.0. The van der Waals surface area contributed by atoms with Crippen LogP contribution in [0.3, 0.4) is 0 Å². The number of carbonyl (C=O) groups is 2. The van der Waals surface area contributed by atoms with E-state index >= 15 is 0 Å². The topological polar surface area (TPSA) is 46.2 Å². The van der Waals surface area contributed by atoms with E-state index in [9.17, 15) is 9.59 Å². The molecular formula is C22H25NO2. The van der Waals surface area contributed by atoms with Gasteiger partial charge in [0.15, 0.2) is 5.78 Å². The fourth-order valence-electron chi connectivity index (χ4n) is 2.70. The standard InChI is InChI=1S/C22H25NO2/c1-16-11-12-20(17(2)14-16)15-21(18(3)24)22(25)23-13-7-10-19-8-5-4-6-9-19/h4-6,8-9,11-12,14-15H,7,10,13H2,1-3H3,(H,23,25). The van der Waals surface area contributed by atoms with E-state index in [-0.39, 0.29) is 17.3 Å². The third-order valence-electron chi connectivity index (χ3n) is 4.12. The Bertz CT molecular complexity index is 776. The zero-order valence-electron chi connectivity index (χ0n) is 15.1. The van der Waals surface area contributed by atoms with Gasteiger partial charge in [-0.1, -0.05) is 54.1 Å². The van der Waals surface area contributed by atoms with Crippen molar-refractivity contribution in [2.75, 3.05) is 6.54 Å². The highest BCUT2D eigenvalue weighted by atomic mass is 16.2. The molecule has 130 valence electrons. The van der Waals surface area contributed by atoms with Crippen LogP contribution < -0.4 is 5.32 Å². The van der Waals surface area contributed by atoms with E-state index in [2.05, 4.69) is 17.4 Å². The van der Waals surface area contributed by atoms with Gasteiger partial charge in [-0.05, 0) is 56.4 Å². The average Bonchev–Trinajstić information content (AvgIpc) is 2.58. The number of hydrogen-bond donors (Lipinski definition) is 1. The van der Waals surface area contributed by atoms with Crippen molar-refractivity contribution in [2.24, 2.45) is 0 Å². The summed E-state index contributed by atoms with van der Waals surface area (Å²) in [4.78, 5) is 24.3. The second-order valence-electron chi connectivity index (χ2n) is 6.32. The summed E-state index contributed by atoms with van der Waals surface area (Å²) < 4.78 is 0. The lowest BCUT2D eigenvalue weighted by atomic mass is 10.0. The molecule has 0 atom stereocenters. The molecular weight excluding hydrogens is 310 g/mol. The van der Waals surface area contributed by atoms with Crippen molar-refractivity contribution in [3.05, 3.63) is 76.4 Å². The molecule has 0 aliphatic carbocycles. The van der Waals surface area contributed by atoms with Crippen molar-refractivity contribution in [1.29, 1.82) is 0 Å². The number of carbonyl (C=O) groups excluding carboxylic acids is 2. The predicted molar refractivity (Wildman–Crippen MR) is 102 cm³/mol. The third kappa shape index (κ3) is 5.71. The Morgan fingerprint density at radius 3 is 2.40 bits per heavy atom. The van der Waals surface area contributed by atoms with Gasteiger partial charge in [-0.3, -0.25) is 9.59 Å². The lowest BCUT2D eigenvalue weighted by Gasteiger charge is -2.08. The fraction of sp³-hybridized carbons (Fsp3) is 0.273. The minimum absolute atomic E-state index is 0.201. The molecule has 0 bridgehead atoms. The van der Waals surface area contributed by atoms with Gasteiger partial charge >= 0.3 is 0 Å². The van der Waals surface area contributed by atoms with Crippen LogP contribution in [0.4, 0.5) is 0 Å². The molecule has 1 amide bonds. The number of Topliss-reactive ketones (excluding diaryl/α,β-unsaturated/α-hetero) is 1. The first kappa shape index (κ1) is 18.7. The van der Waals surface area contributed by atoms with Gasteiger partial charge in [-0.15, -0.1) is 0 Å². The average molecular weight is 335 g/mol. The zero-order valence-corrected chi connectivity index (χ0v) is 15.1. The molecule has 0 unspecified atom stereocenters. The smallest absolute Gasteiger partial charge is 0.254 e. The Labute approximate surface area is 149 Å². The second kappa shape index (κ2) is 8.97. The summed E-state index contributed by atoms with van der Waals surface area (Å²) in [6, 6.07) is 16.1. The Morgan fingerprint density at radius 2 is 1.76 bits per heavy atom. The quantitative estimate of drug-likeness (QED) is 0.359. The van der Waals surface area contributed by atoms with Crippen LogP contribution in [0.5, 0.6) is 0 Å². The summed E-state index contributed by atoms with van der Waals surface area (Å²) in [6.45, 7) is 5.98. The van der Waals surface area contributed by atoms with Gasteiger partial charge in [0.25, 0.3) is 5.91 Å². The zero-order chi connectivity index (χ0) is 18.2. The van der Waals surface area contributed by atoms with Gasteiger partial charge in [0.2, 0.25) is 0 Å². The molecule has 0 aliphatic heterocycles. The van der Waals surface area contributed by atoms with E-state index in [1.54, 1.807) is 6.08 Å². The number of nitrogens with one attached hydrogen (secondary N) is 1. The molecule has 3 nitrogen and oxygen atoms in total. The van der Waals surface area contributed by atoms with Gasteiger partial charge in [0.05, 0.1) is 5.57 Å². The predicted octanol–water partition coefficient (Wildman–Crippen LogP) is 4.02. The van der Waals surface area contributed by atoms with Crippen molar-refractivity contribution in [3.8, 4) is 0 Å². The molecule has 2 aromatic carbocycles. The van der Waals surface area contributed by atoms with Gasteiger partial charge < -0.3 is 5.32 Å². The third-order valence-corrected chi connectivity index (χ3v) is 4.12. The SMILES string of the molecule is CC(=O)C(=Cc1ccc(C)cc1C)C(=O)NCCCc1ccccc1. The molecule has 2 rings (SSSR count). The van der Waals surface area contributed by atoms with Crippen LogP contribution in [0.15, 0.2) is 54.1 Å². The highest BCUT2D eigenvalue weighted by Crippen LogP contribution is 2.15. The van der Waals surface area contributed by atoms with E-state index in [0.29, 0.717) is 6.54 Å². The molecule has 0 fully saturated rings. The summed E-state index contributed by atoms with van der Waals surface area (Å²) in [7, 11) is 0. The maximum absolute atomic E-state index is 12.4. The van der Waals surface area contributed by atoms with Crippen LogP contribution in [-0.2, 0) is 16.0 Å². The van der Waals surface area contributed by atoms with Crippen LogP contribution in [0.2, 0.25) is 0 Å². The van der Waals surface area contributed by atoms with E-state index in [1.807, 2.05) is 50.2 Å². The molecule has 1 N–H and O–H groups in total. The van der Waals surface area contributed by atoms with Crippen molar-refractivity contribution < 1.29 is 9.59 Å². The van der Waals surface area contributed by atoms with E-state index < -0.39 is 0 Å². The summed E-state index contributed by atoms with van der Waals surface area (Å²) >= 11 is 0. The fourth-order valence-corrected chi connectivity index (χ4v) is 2.70. The monoisotopic (exact) mass is 335 g/mol. The van der Waals surface area contributed by atoms with Gasteiger partial charge in [0.1, 0.15) is 0 Å². The van der Waals surface area contributed by atoms with Crippen LogP contribution in [-0.4, -0.2) is 18.2 Å². The molecule has 3 heteroatoms. The van der Waals surface area contributed by atoms with Gasteiger partial charge in [0, 0.05) is 6.54 Å². The first-order valence-corrected chi connectivity index (χ1v) is 8.59. The maximum atomic E-state index is 12.4. The number of hydrogen-bond acceptors (Lipinski definition) is 2. The number of aryl methyl sites for hydroxylation is 3. The molecule has 0 saturated heterocycles.